The van der Waals surface area contributed by atoms with Crippen LogP contribution in [0.2, 0.25) is 0 Å². The average Bonchev–Trinajstić information content (AvgIpc) is 1.87. The summed E-state index contributed by atoms with van der Waals surface area (Å²) in [6.07, 6.45) is 1.68. The lowest BCUT2D eigenvalue weighted by Gasteiger charge is -1.89. The third kappa shape index (κ3) is 4.01. The maximum absolute atomic E-state index is 3.95. The van der Waals surface area contributed by atoms with Crippen molar-refractivity contribution < 1.29 is 0 Å². The van der Waals surface area contributed by atoms with Gasteiger partial charge in [0.2, 0.25) is 0 Å². The highest BCUT2D eigenvalue weighted by atomic mass is 127. The summed E-state index contributed by atoms with van der Waals surface area (Å²) in [4.78, 5) is 7.55. The second-order valence-corrected chi connectivity index (χ2v) is 3.36. The van der Waals surface area contributed by atoms with E-state index in [1.165, 1.54) is 0 Å². The van der Waals surface area contributed by atoms with Crippen molar-refractivity contribution in [2.45, 2.75) is 0 Å². The molecule has 0 aliphatic heterocycles. The number of hydrogen-bond donors (Lipinski definition) is 0. The molecule has 0 heterocycles. The van der Waals surface area contributed by atoms with E-state index >= 15 is 0 Å². The summed E-state index contributed by atoms with van der Waals surface area (Å²) in [6, 6.07) is 0. The zero-order chi connectivity index (χ0) is 7.28. The van der Waals surface area contributed by atoms with Gasteiger partial charge in [0.05, 0.1) is 3.58 Å². The Labute approximate surface area is 81.8 Å². The summed E-state index contributed by atoms with van der Waals surface area (Å²) < 4.78 is 1.98. The summed E-state index contributed by atoms with van der Waals surface area (Å²) in [5.41, 5.74) is 0. The summed E-state index contributed by atoms with van der Waals surface area (Å²) in [5.74, 6) is 0. The van der Waals surface area contributed by atoms with Crippen LogP contribution in [0.25, 0.3) is 0 Å². The monoisotopic (exact) mass is 348 g/mol. The van der Waals surface area contributed by atoms with Crippen LogP contribution in [0.5, 0.6) is 0 Å². The van der Waals surface area contributed by atoms with Crippen molar-refractivity contribution in [2.24, 2.45) is 9.98 Å². The molecule has 0 aromatic heterocycles. The molecule has 0 aromatic rings. The van der Waals surface area contributed by atoms with Crippen LogP contribution in [0.15, 0.2) is 19.8 Å². The summed E-state index contributed by atoms with van der Waals surface area (Å²) in [6.45, 7) is 3.33. The van der Waals surface area contributed by atoms with Crippen molar-refractivity contribution in [1.82, 2.24) is 0 Å². The molecule has 4 heteroatoms. The molecule has 0 spiro atoms. The molecule has 0 aromatic carbocycles. The highest BCUT2D eigenvalue weighted by molar-refractivity contribution is 14.1. The van der Waals surface area contributed by atoms with Gasteiger partial charge in [-0.2, -0.15) is 0 Å². The lowest BCUT2D eigenvalue weighted by molar-refractivity contribution is 1.47. The number of rotatable bonds is 2. The number of aliphatic imine (C=N–C) groups is 2. The molecule has 2 nitrogen and oxygen atoms in total. The average molecular weight is 348 g/mol. The summed E-state index contributed by atoms with van der Waals surface area (Å²) in [7, 11) is 1.75. The number of nitrogens with zero attached hydrogens (tertiary/aromatic N) is 2. The van der Waals surface area contributed by atoms with Crippen LogP contribution in [0.4, 0.5) is 0 Å². The van der Waals surface area contributed by atoms with Crippen LogP contribution < -0.4 is 0 Å². The predicted molar refractivity (Wildman–Crippen MR) is 59.0 cm³/mol. The maximum atomic E-state index is 3.95. The molecule has 0 saturated heterocycles. The van der Waals surface area contributed by atoms with Gasteiger partial charge >= 0.3 is 0 Å². The fourth-order valence-electron chi connectivity index (χ4n) is 0.240. The standard InChI is InChI=1S/C5H6I2N2/c1-8-3-4(6)5(7)9-2/h3H,1H2,2H3/b4-3+,9-5?. The van der Waals surface area contributed by atoms with Gasteiger partial charge in [0.1, 0.15) is 3.72 Å². The first-order chi connectivity index (χ1) is 4.22. The van der Waals surface area contributed by atoms with E-state index in [1.54, 1.807) is 13.2 Å². The molecule has 0 saturated carbocycles. The Bertz CT molecular complexity index is 160. The van der Waals surface area contributed by atoms with E-state index in [0.717, 1.165) is 7.30 Å². The minimum atomic E-state index is 0.959. The van der Waals surface area contributed by atoms with Crippen LogP contribution in [0.3, 0.4) is 0 Å². The molecule has 0 amide bonds. The van der Waals surface area contributed by atoms with E-state index in [4.69, 9.17) is 0 Å². The van der Waals surface area contributed by atoms with E-state index in [1.807, 2.05) is 0 Å². The van der Waals surface area contributed by atoms with Gasteiger partial charge in [0.15, 0.2) is 0 Å². The first-order valence-corrected chi connectivity index (χ1v) is 4.32. The number of hydrogen-bond acceptors (Lipinski definition) is 2. The van der Waals surface area contributed by atoms with Gasteiger partial charge in [-0.05, 0) is 51.9 Å². The largest absolute Gasteiger partial charge is 0.281 e. The van der Waals surface area contributed by atoms with Crippen LogP contribution >= 0.6 is 45.2 Å². The topological polar surface area (TPSA) is 24.7 Å². The lowest BCUT2D eigenvalue weighted by atomic mass is 10.7. The normalized spacial score (nSPS) is 13.7. The second kappa shape index (κ2) is 5.33. The van der Waals surface area contributed by atoms with Crippen molar-refractivity contribution in [3.05, 3.63) is 9.78 Å². The molecule has 0 atom stereocenters. The smallest absolute Gasteiger partial charge is 0.110 e. The van der Waals surface area contributed by atoms with Crippen LogP contribution in [0, 0.1) is 0 Å². The first kappa shape index (κ1) is 9.54. The Hall–Kier alpha value is 0.540. The van der Waals surface area contributed by atoms with Crippen LogP contribution in [0.1, 0.15) is 0 Å². The van der Waals surface area contributed by atoms with Gasteiger partial charge in [-0.3, -0.25) is 9.98 Å². The van der Waals surface area contributed by atoms with Crippen molar-refractivity contribution in [1.29, 1.82) is 0 Å². The maximum Gasteiger partial charge on any atom is 0.110 e. The highest BCUT2D eigenvalue weighted by Gasteiger charge is 1.93. The van der Waals surface area contributed by atoms with Gasteiger partial charge < -0.3 is 0 Å². The Morgan fingerprint density at radius 3 is 2.44 bits per heavy atom. The molecule has 9 heavy (non-hydrogen) atoms. The molecule has 0 unspecified atom stereocenters. The van der Waals surface area contributed by atoms with Crippen molar-refractivity contribution in [3.8, 4) is 0 Å². The third-order valence-corrected chi connectivity index (χ3v) is 3.48. The molecule has 0 aliphatic carbocycles. The highest BCUT2D eigenvalue weighted by Crippen LogP contribution is 2.12. The zero-order valence-corrected chi connectivity index (χ0v) is 9.25. The molecule has 50 valence electrons. The molecule has 0 fully saturated rings. The second-order valence-electron chi connectivity index (χ2n) is 1.17. The predicted octanol–water partition coefficient (Wildman–Crippen LogP) is 2.43. The third-order valence-electron chi connectivity index (χ3n) is 0.598. The lowest BCUT2D eigenvalue weighted by Crippen LogP contribution is -1.82. The Kier molecular flexibility index (Phi) is 5.65. The molecule has 0 rings (SSSR count). The Morgan fingerprint density at radius 1 is 1.56 bits per heavy atom. The van der Waals surface area contributed by atoms with E-state index < -0.39 is 0 Å². The minimum absolute atomic E-state index is 0.959. The quantitative estimate of drug-likeness (QED) is 0.541. The minimum Gasteiger partial charge on any atom is -0.281 e. The fraction of sp³-hybridized carbons (Fsp3) is 0.200. The van der Waals surface area contributed by atoms with Gasteiger partial charge in [-0.15, -0.1) is 0 Å². The van der Waals surface area contributed by atoms with Crippen LogP contribution in [-0.2, 0) is 0 Å². The van der Waals surface area contributed by atoms with Crippen LogP contribution in [-0.4, -0.2) is 17.5 Å². The Balaban J connectivity index is 4.19. The van der Waals surface area contributed by atoms with Crippen molar-refractivity contribution in [3.63, 3.8) is 0 Å². The zero-order valence-electron chi connectivity index (χ0n) is 4.93. The van der Waals surface area contributed by atoms with Gasteiger partial charge in [0.25, 0.3) is 0 Å². The number of halogens is 2. The van der Waals surface area contributed by atoms with E-state index in [0.29, 0.717) is 0 Å². The van der Waals surface area contributed by atoms with E-state index in [-0.39, 0.29) is 0 Å². The van der Waals surface area contributed by atoms with E-state index in [9.17, 15) is 0 Å². The molecular formula is C5H6I2N2. The molecule has 0 aliphatic rings. The summed E-state index contributed by atoms with van der Waals surface area (Å²) in [5, 5.41) is 0. The van der Waals surface area contributed by atoms with Gasteiger partial charge in [0, 0.05) is 13.2 Å². The fourth-order valence-corrected chi connectivity index (χ4v) is 0.818. The van der Waals surface area contributed by atoms with Crippen molar-refractivity contribution >= 4 is 55.6 Å². The molecule has 0 N–H and O–H groups in total. The van der Waals surface area contributed by atoms with Crippen molar-refractivity contribution in [2.75, 3.05) is 7.05 Å². The van der Waals surface area contributed by atoms with Gasteiger partial charge in [-0.1, -0.05) is 0 Å². The van der Waals surface area contributed by atoms with Gasteiger partial charge in [-0.25, -0.2) is 0 Å². The molecule has 0 radical (unpaired) electrons. The summed E-state index contributed by atoms with van der Waals surface area (Å²) >= 11 is 4.30. The SMILES string of the molecule is C=N/C=C(/I)C(I)=NC. The Morgan fingerprint density at radius 2 is 2.11 bits per heavy atom. The number of allylic oxidation sites excluding steroid dienone is 1. The molecular weight excluding hydrogens is 342 g/mol. The van der Waals surface area contributed by atoms with E-state index in [2.05, 4.69) is 61.9 Å². The first-order valence-electron chi connectivity index (χ1n) is 2.16. The molecule has 0 bridgehead atoms.